The standard InChI is InChI=1S/C34H24N2O3/c35-22-23-6-8-27(9-7-23)33(28-16-19-36-20-17-28)39-31-15-14-29-30(37)18-21-38-34(29)32(31)26-12-10-25(11-13-26)24-4-2-1-3-5-24/h1-17,19-20,33H,18,21H2. The van der Waals surface area contributed by atoms with Crippen molar-refractivity contribution in [3.05, 3.63) is 138 Å². The fourth-order valence-electron chi connectivity index (χ4n) is 4.87. The van der Waals surface area contributed by atoms with E-state index in [4.69, 9.17) is 9.47 Å². The second-order valence-electron chi connectivity index (χ2n) is 9.29. The molecule has 0 fully saturated rings. The van der Waals surface area contributed by atoms with Crippen LogP contribution in [0.2, 0.25) is 0 Å². The first kappa shape index (κ1) is 24.1. The zero-order valence-electron chi connectivity index (χ0n) is 21.1. The third-order valence-electron chi connectivity index (χ3n) is 6.87. The summed E-state index contributed by atoms with van der Waals surface area (Å²) in [6.07, 6.45) is 3.34. The molecule has 2 heterocycles. The van der Waals surface area contributed by atoms with Crippen molar-refractivity contribution in [2.75, 3.05) is 6.61 Å². The molecule has 1 aromatic heterocycles. The maximum Gasteiger partial charge on any atom is 0.170 e. The van der Waals surface area contributed by atoms with Gasteiger partial charge in [-0.1, -0.05) is 66.7 Å². The van der Waals surface area contributed by atoms with E-state index in [-0.39, 0.29) is 5.78 Å². The first-order valence-corrected chi connectivity index (χ1v) is 12.8. The Balaban J connectivity index is 1.47. The van der Waals surface area contributed by atoms with E-state index in [2.05, 4.69) is 35.3 Å². The quantitative estimate of drug-likeness (QED) is 0.239. The van der Waals surface area contributed by atoms with Gasteiger partial charge in [-0.25, -0.2) is 0 Å². The lowest BCUT2D eigenvalue weighted by atomic mass is 9.94. The zero-order valence-corrected chi connectivity index (χ0v) is 21.1. The number of ether oxygens (including phenoxy) is 2. The molecule has 0 aliphatic carbocycles. The van der Waals surface area contributed by atoms with Crippen LogP contribution in [0.5, 0.6) is 11.5 Å². The van der Waals surface area contributed by atoms with E-state index in [1.807, 2.05) is 60.7 Å². The lowest BCUT2D eigenvalue weighted by molar-refractivity contribution is 0.0933. The highest BCUT2D eigenvalue weighted by atomic mass is 16.5. The summed E-state index contributed by atoms with van der Waals surface area (Å²) in [6, 6.07) is 35.4. The number of ketones is 1. The number of hydrogen-bond donors (Lipinski definition) is 0. The van der Waals surface area contributed by atoms with Crippen LogP contribution < -0.4 is 9.47 Å². The first-order chi connectivity index (χ1) is 19.2. The Morgan fingerprint density at radius 1 is 0.769 bits per heavy atom. The van der Waals surface area contributed by atoms with E-state index in [1.165, 1.54) is 0 Å². The number of Topliss-reactive ketones (excluding diaryl/α,β-unsaturated/α-hetero) is 1. The number of aromatic nitrogens is 1. The molecule has 1 aliphatic heterocycles. The third kappa shape index (κ3) is 4.88. The van der Waals surface area contributed by atoms with E-state index >= 15 is 0 Å². The molecule has 5 heteroatoms. The number of hydrogen-bond acceptors (Lipinski definition) is 5. The Labute approximate surface area is 226 Å². The van der Waals surface area contributed by atoms with Crippen LogP contribution in [-0.2, 0) is 0 Å². The fraction of sp³-hybridized carbons (Fsp3) is 0.0882. The largest absolute Gasteiger partial charge is 0.492 e. The molecular weight excluding hydrogens is 484 g/mol. The average Bonchev–Trinajstić information content (AvgIpc) is 3.01. The van der Waals surface area contributed by atoms with E-state index in [0.717, 1.165) is 33.4 Å². The molecule has 1 atom stereocenters. The van der Waals surface area contributed by atoms with Crippen LogP contribution >= 0.6 is 0 Å². The maximum atomic E-state index is 12.8. The summed E-state index contributed by atoms with van der Waals surface area (Å²) in [5.41, 5.74) is 6.80. The highest BCUT2D eigenvalue weighted by molar-refractivity contribution is 6.03. The van der Waals surface area contributed by atoms with Gasteiger partial charge in [-0.15, -0.1) is 0 Å². The van der Waals surface area contributed by atoms with Crippen molar-refractivity contribution >= 4 is 5.78 Å². The van der Waals surface area contributed by atoms with Gasteiger partial charge in [0.2, 0.25) is 0 Å². The molecule has 5 nitrogen and oxygen atoms in total. The summed E-state index contributed by atoms with van der Waals surface area (Å²) in [5, 5.41) is 9.28. The van der Waals surface area contributed by atoms with Crippen LogP contribution in [0.25, 0.3) is 22.3 Å². The summed E-state index contributed by atoms with van der Waals surface area (Å²) in [7, 11) is 0. The fourth-order valence-corrected chi connectivity index (χ4v) is 4.87. The lowest BCUT2D eigenvalue weighted by Gasteiger charge is -2.26. The molecule has 0 saturated carbocycles. The van der Waals surface area contributed by atoms with Gasteiger partial charge in [0.1, 0.15) is 17.6 Å². The molecule has 39 heavy (non-hydrogen) atoms. The number of benzene rings is 4. The summed E-state index contributed by atoms with van der Waals surface area (Å²) < 4.78 is 12.9. The number of nitriles is 1. The van der Waals surface area contributed by atoms with E-state index in [1.54, 1.807) is 30.6 Å². The number of carbonyl (C=O) groups excluding carboxylic acids is 1. The van der Waals surface area contributed by atoms with Crippen molar-refractivity contribution < 1.29 is 14.3 Å². The molecule has 0 amide bonds. The Morgan fingerprint density at radius 2 is 1.44 bits per heavy atom. The second kappa shape index (κ2) is 10.6. The van der Waals surface area contributed by atoms with E-state index in [0.29, 0.717) is 35.7 Å². The Kier molecular flexibility index (Phi) is 6.59. The highest BCUT2D eigenvalue weighted by Gasteiger charge is 2.27. The van der Waals surface area contributed by atoms with Gasteiger partial charge < -0.3 is 9.47 Å². The summed E-state index contributed by atoms with van der Waals surface area (Å²) in [5.74, 6) is 1.20. The van der Waals surface area contributed by atoms with Gasteiger partial charge in [-0.05, 0) is 64.2 Å². The SMILES string of the molecule is N#Cc1ccc(C(Oc2ccc3c(c2-c2ccc(-c4ccccc4)cc2)OCCC3=O)c2ccncc2)cc1. The minimum atomic E-state index is -0.472. The van der Waals surface area contributed by atoms with Crippen molar-refractivity contribution in [3.8, 4) is 39.8 Å². The van der Waals surface area contributed by atoms with Gasteiger partial charge in [-0.2, -0.15) is 5.26 Å². The molecule has 5 aromatic rings. The molecule has 1 aliphatic rings. The van der Waals surface area contributed by atoms with Gasteiger partial charge >= 0.3 is 0 Å². The summed E-state index contributed by atoms with van der Waals surface area (Å²) in [6.45, 7) is 0.327. The van der Waals surface area contributed by atoms with Crippen LogP contribution in [0.4, 0.5) is 0 Å². The minimum Gasteiger partial charge on any atom is -0.492 e. The van der Waals surface area contributed by atoms with Crippen LogP contribution in [-0.4, -0.2) is 17.4 Å². The molecule has 0 bridgehead atoms. The normalized spacial score (nSPS) is 13.1. The third-order valence-corrected chi connectivity index (χ3v) is 6.87. The van der Waals surface area contributed by atoms with Crippen molar-refractivity contribution in [1.29, 1.82) is 5.26 Å². The van der Waals surface area contributed by atoms with E-state index < -0.39 is 6.10 Å². The molecule has 6 rings (SSSR count). The highest BCUT2D eigenvalue weighted by Crippen LogP contribution is 2.45. The number of nitrogens with zero attached hydrogens (tertiary/aromatic N) is 2. The van der Waals surface area contributed by atoms with Gasteiger partial charge in [0.25, 0.3) is 0 Å². The maximum absolute atomic E-state index is 12.8. The van der Waals surface area contributed by atoms with Crippen molar-refractivity contribution in [2.45, 2.75) is 12.5 Å². The van der Waals surface area contributed by atoms with Crippen molar-refractivity contribution in [3.63, 3.8) is 0 Å². The lowest BCUT2D eigenvalue weighted by Crippen LogP contribution is -2.17. The molecule has 0 radical (unpaired) electrons. The second-order valence-corrected chi connectivity index (χ2v) is 9.29. The van der Waals surface area contributed by atoms with Crippen molar-refractivity contribution in [1.82, 2.24) is 4.98 Å². The van der Waals surface area contributed by atoms with Crippen LogP contribution in [0.1, 0.15) is 39.6 Å². The van der Waals surface area contributed by atoms with Gasteiger partial charge in [0, 0.05) is 18.8 Å². The zero-order chi connectivity index (χ0) is 26.6. The molecule has 0 spiro atoms. The minimum absolute atomic E-state index is 0.0581. The molecule has 4 aromatic carbocycles. The predicted molar refractivity (Wildman–Crippen MR) is 150 cm³/mol. The molecule has 188 valence electrons. The van der Waals surface area contributed by atoms with Crippen LogP contribution in [0.3, 0.4) is 0 Å². The number of carbonyl (C=O) groups is 1. The van der Waals surface area contributed by atoms with Gasteiger partial charge in [0.05, 0.1) is 29.4 Å². The molecular formula is C34H24N2O3. The number of pyridine rings is 1. The number of rotatable bonds is 6. The number of fused-ring (bicyclic) bond motifs is 1. The van der Waals surface area contributed by atoms with Crippen LogP contribution in [0.15, 0.2) is 116 Å². The average molecular weight is 509 g/mol. The van der Waals surface area contributed by atoms with Crippen LogP contribution in [0, 0.1) is 11.3 Å². The smallest absolute Gasteiger partial charge is 0.170 e. The Morgan fingerprint density at radius 3 is 2.15 bits per heavy atom. The Hall–Kier alpha value is -5.21. The van der Waals surface area contributed by atoms with Gasteiger partial charge in [-0.3, -0.25) is 9.78 Å². The van der Waals surface area contributed by atoms with E-state index in [9.17, 15) is 10.1 Å². The molecule has 0 N–H and O–H groups in total. The van der Waals surface area contributed by atoms with Crippen molar-refractivity contribution in [2.24, 2.45) is 0 Å². The molecule has 0 saturated heterocycles. The topological polar surface area (TPSA) is 72.2 Å². The molecule has 1 unspecified atom stereocenters. The first-order valence-electron chi connectivity index (χ1n) is 12.8. The Bertz CT molecular complexity index is 1660. The van der Waals surface area contributed by atoms with Gasteiger partial charge in [0.15, 0.2) is 5.78 Å². The monoisotopic (exact) mass is 508 g/mol. The summed E-state index contributed by atoms with van der Waals surface area (Å²) in [4.78, 5) is 17.0. The summed E-state index contributed by atoms with van der Waals surface area (Å²) >= 11 is 0. The predicted octanol–water partition coefficient (Wildman–Crippen LogP) is 7.42.